The maximum absolute atomic E-state index is 12.9. The van der Waals surface area contributed by atoms with E-state index in [2.05, 4.69) is 5.32 Å². The van der Waals surface area contributed by atoms with Gasteiger partial charge in [0.2, 0.25) is 15.9 Å². The van der Waals surface area contributed by atoms with E-state index in [0.717, 1.165) is 28.6 Å². The molecule has 7 nitrogen and oxygen atoms in total. The Kier molecular flexibility index (Phi) is 7.09. The van der Waals surface area contributed by atoms with Gasteiger partial charge in [-0.1, -0.05) is 26.8 Å². The average molecular weight is 498 g/mol. The van der Waals surface area contributed by atoms with Crippen LogP contribution in [0.4, 0.5) is 18.9 Å². The maximum atomic E-state index is 12.9. The van der Waals surface area contributed by atoms with E-state index in [0.29, 0.717) is 11.3 Å². The fourth-order valence-corrected chi connectivity index (χ4v) is 4.75. The van der Waals surface area contributed by atoms with Crippen LogP contribution in [-0.2, 0) is 21.0 Å². The predicted molar refractivity (Wildman–Crippen MR) is 121 cm³/mol. The van der Waals surface area contributed by atoms with Crippen LogP contribution in [0, 0.1) is 5.41 Å². The summed E-state index contributed by atoms with van der Waals surface area (Å²) in [6.07, 6.45) is -4.55. The zero-order valence-corrected chi connectivity index (χ0v) is 19.8. The molecular weight excluding hydrogens is 471 g/mol. The van der Waals surface area contributed by atoms with Crippen molar-refractivity contribution in [2.24, 2.45) is 5.41 Å². The van der Waals surface area contributed by atoms with E-state index >= 15 is 0 Å². The first-order valence-corrected chi connectivity index (χ1v) is 12.0. The minimum Gasteiger partial charge on any atom is -0.336 e. The molecule has 11 heteroatoms. The molecular formula is C23H26F3N3O4S. The van der Waals surface area contributed by atoms with E-state index in [9.17, 15) is 31.2 Å². The molecule has 1 saturated heterocycles. The molecule has 0 atom stereocenters. The van der Waals surface area contributed by atoms with Gasteiger partial charge in [0.25, 0.3) is 5.91 Å². The van der Waals surface area contributed by atoms with Crippen molar-refractivity contribution in [3.8, 4) is 0 Å². The van der Waals surface area contributed by atoms with Crippen LogP contribution in [0.15, 0.2) is 53.4 Å². The van der Waals surface area contributed by atoms with E-state index in [1.165, 1.54) is 4.90 Å². The normalized spacial score (nSPS) is 15.8. The summed E-state index contributed by atoms with van der Waals surface area (Å²) in [5.74, 6) is -0.502. The van der Waals surface area contributed by atoms with Crippen molar-refractivity contribution in [1.29, 1.82) is 0 Å². The molecule has 0 aromatic heterocycles. The highest BCUT2D eigenvalue weighted by Gasteiger charge is 2.33. The fraction of sp³-hybridized carbons (Fsp3) is 0.391. The van der Waals surface area contributed by atoms with Crippen LogP contribution >= 0.6 is 0 Å². The smallest absolute Gasteiger partial charge is 0.336 e. The molecule has 0 unspecified atom stereocenters. The maximum Gasteiger partial charge on any atom is 0.416 e. The minimum absolute atomic E-state index is 0.00947. The molecule has 3 rings (SSSR count). The Labute approximate surface area is 196 Å². The van der Waals surface area contributed by atoms with Gasteiger partial charge >= 0.3 is 6.18 Å². The van der Waals surface area contributed by atoms with E-state index in [1.54, 1.807) is 45.0 Å². The molecule has 0 bridgehead atoms. The van der Waals surface area contributed by atoms with Gasteiger partial charge in [-0.2, -0.15) is 17.5 Å². The Morgan fingerprint density at radius 2 is 1.50 bits per heavy atom. The Morgan fingerprint density at radius 3 is 2.03 bits per heavy atom. The van der Waals surface area contributed by atoms with Crippen molar-refractivity contribution >= 4 is 27.5 Å². The summed E-state index contributed by atoms with van der Waals surface area (Å²) in [6, 6.07) is 9.85. The third kappa shape index (κ3) is 5.76. The van der Waals surface area contributed by atoms with Gasteiger partial charge in [-0.05, 0) is 42.5 Å². The van der Waals surface area contributed by atoms with Crippen LogP contribution in [-0.4, -0.2) is 55.6 Å². The number of nitrogens with zero attached hydrogens (tertiary/aromatic N) is 2. The van der Waals surface area contributed by atoms with Crippen molar-refractivity contribution in [3.05, 3.63) is 59.7 Å². The molecule has 1 heterocycles. The number of rotatable bonds is 4. The second-order valence-corrected chi connectivity index (χ2v) is 10.9. The molecule has 1 aliphatic rings. The lowest BCUT2D eigenvalue weighted by atomic mass is 9.95. The van der Waals surface area contributed by atoms with Crippen LogP contribution in [0.25, 0.3) is 0 Å². The lowest BCUT2D eigenvalue weighted by Crippen LogP contribution is -2.50. The molecule has 184 valence electrons. The Hall–Kier alpha value is -2.92. The first kappa shape index (κ1) is 25.7. The largest absolute Gasteiger partial charge is 0.416 e. The fourth-order valence-electron chi connectivity index (χ4n) is 3.33. The number of piperazine rings is 1. The first-order chi connectivity index (χ1) is 15.7. The molecule has 2 aromatic carbocycles. The number of hydrogen-bond acceptors (Lipinski definition) is 4. The van der Waals surface area contributed by atoms with Crippen molar-refractivity contribution in [1.82, 2.24) is 9.21 Å². The monoisotopic (exact) mass is 497 g/mol. The second-order valence-electron chi connectivity index (χ2n) is 9.00. The summed E-state index contributed by atoms with van der Waals surface area (Å²) in [4.78, 5) is 26.4. The van der Waals surface area contributed by atoms with Crippen LogP contribution < -0.4 is 5.32 Å². The minimum atomic E-state index is -4.55. The summed E-state index contributed by atoms with van der Waals surface area (Å²) in [5.41, 5.74) is -0.697. The molecule has 0 radical (unpaired) electrons. The average Bonchev–Trinajstić information content (AvgIpc) is 2.77. The highest BCUT2D eigenvalue weighted by atomic mass is 32.2. The number of halogens is 3. The second kappa shape index (κ2) is 9.38. The Morgan fingerprint density at radius 1 is 0.912 bits per heavy atom. The number of alkyl halides is 3. The summed E-state index contributed by atoms with van der Waals surface area (Å²) >= 11 is 0. The Balaban J connectivity index is 1.66. The lowest BCUT2D eigenvalue weighted by molar-refractivity contribution is -0.137. The third-order valence-corrected chi connectivity index (χ3v) is 7.31. The van der Waals surface area contributed by atoms with E-state index in [4.69, 9.17) is 0 Å². The summed E-state index contributed by atoms with van der Waals surface area (Å²) in [6.45, 7) is 5.58. The van der Waals surface area contributed by atoms with Gasteiger partial charge in [0.15, 0.2) is 0 Å². The lowest BCUT2D eigenvalue weighted by Gasteiger charge is -2.34. The van der Waals surface area contributed by atoms with E-state index < -0.39 is 27.2 Å². The SMILES string of the molecule is CC(C)(C)C(=O)Nc1cccc(C(=O)N2CCN(S(=O)(=O)c3ccc(C(F)(F)F)cc3)CC2)c1. The number of nitrogens with one attached hydrogen (secondary N) is 1. The number of hydrogen-bond donors (Lipinski definition) is 1. The molecule has 1 N–H and O–H groups in total. The van der Waals surface area contributed by atoms with Gasteiger partial charge in [0.05, 0.1) is 10.5 Å². The number of amides is 2. The zero-order chi connectivity index (χ0) is 25.3. The van der Waals surface area contributed by atoms with Gasteiger partial charge in [-0.15, -0.1) is 0 Å². The topological polar surface area (TPSA) is 86.8 Å². The predicted octanol–water partition coefficient (Wildman–Crippen LogP) is 3.84. The molecule has 1 fully saturated rings. The van der Waals surface area contributed by atoms with E-state index in [-0.39, 0.29) is 42.9 Å². The summed E-state index contributed by atoms with van der Waals surface area (Å²) < 4.78 is 65.1. The van der Waals surface area contributed by atoms with Crippen molar-refractivity contribution in [2.45, 2.75) is 31.8 Å². The molecule has 0 saturated carbocycles. The van der Waals surface area contributed by atoms with Crippen LogP contribution in [0.1, 0.15) is 36.7 Å². The zero-order valence-electron chi connectivity index (χ0n) is 19.0. The van der Waals surface area contributed by atoms with Crippen LogP contribution in [0.3, 0.4) is 0 Å². The number of benzene rings is 2. The van der Waals surface area contributed by atoms with Gasteiger partial charge in [0, 0.05) is 42.8 Å². The van der Waals surface area contributed by atoms with Gasteiger partial charge in [-0.25, -0.2) is 8.42 Å². The van der Waals surface area contributed by atoms with Gasteiger partial charge in [-0.3, -0.25) is 9.59 Å². The van der Waals surface area contributed by atoms with Crippen LogP contribution in [0.2, 0.25) is 0 Å². The highest BCUT2D eigenvalue weighted by Crippen LogP contribution is 2.30. The van der Waals surface area contributed by atoms with E-state index in [1.807, 2.05) is 0 Å². The number of carbonyl (C=O) groups is 2. The quantitative estimate of drug-likeness (QED) is 0.696. The number of sulfonamides is 1. The molecule has 0 spiro atoms. The standard InChI is InChI=1S/C23H26F3N3O4S/c1-22(2,3)21(31)27-18-6-4-5-16(15-18)20(30)28-11-13-29(14-12-28)34(32,33)19-9-7-17(8-10-19)23(24,25)26/h4-10,15H,11-14H2,1-3H3,(H,27,31). The van der Waals surface area contributed by atoms with Crippen LogP contribution in [0.5, 0.6) is 0 Å². The number of anilines is 1. The molecule has 34 heavy (non-hydrogen) atoms. The molecule has 2 amide bonds. The highest BCUT2D eigenvalue weighted by molar-refractivity contribution is 7.89. The van der Waals surface area contributed by atoms with Gasteiger partial charge < -0.3 is 10.2 Å². The van der Waals surface area contributed by atoms with Crippen molar-refractivity contribution in [3.63, 3.8) is 0 Å². The van der Waals surface area contributed by atoms with Gasteiger partial charge in [0.1, 0.15) is 0 Å². The van der Waals surface area contributed by atoms with Crippen molar-refractivity contribution < 1.29 is 31.2 Å². The van der Waals surface area contributed by atoms with Crippen molar-refractivity contribution in [2.75, 3.05) is 31.5 Å². The Bertz CT molecular complexity index is 1170. The summed E-state index contributed by atoms with van der Waals surface area (Å²) in [7, 11) is -3.99. The number of carbonyl (C=O) groups excluding carboxylic acids is 2. The molecule has 1 aliphatic heterocycles. The molecule has 0 aliphatic carbocycles. The first-order valence-electron chi connectivity index (χ1n) is 10.6. The third-order valence-electron chi connectivity index (χ3n) is 5.39. The summed E-state index contributed by atoms with van der Waals surface area (Å²) in [5, 5.41) is 2.77. The molecule has 2 aromatic rings.